The number of hydrogen-bond donors (Lipinski definition) is 1. The van der Waals surface area contributed by atoms with Gasteiger partial charge in [-0.15, -0.1) is 5.10 Å². The topological polar surface area (TPSA) is 63.1 Å². The third kappa shape index (κ3) is 2.35. The molecular formula is C15H10N2O2S. The molecule has 0 atom stereocenters. The Balaban J connectivity index is 2.08. The summed E-state index contributed by atoms with van der Waals surface area (Å²) < 4.78 is 0. The van der Waals surface area contributed by atoms with Crippen molar-refractivity contribution < 1.29 is 9.90 Å². The molecule has 3 rings (SSSR count). The van der Waals surface area contributed by atoms with Gasteiger partial charge in [0.1, 0.15) is 5.03 Å². The number of benzene rings is 2. The fourth-order valence-corrected chi connectivity index (χ4v) is 2.92. The van der Waals surface area contributed by atoms with E-state index in [9.17, 15) is 9.90 Å². The van der Waals surface area contributed by atoms with E-state index in [-0.39, 0.29) is 5.56 Å². The summed E-state index contributed by atoms with van der Waals surface area (Å²) in [6.07, 6.45) is 1.70. The van der Waals surface area contributed by atoms with E-state index < -0.39 is 5.97 Å². The SMILES string of the molecule is O=C(O)c1ccccc1Sc1nncc2ccccc12. The molecule has 4 nitrogen and oxygen atoms in total. The van der Waals surface area contributed by atoms with E-state index in [0.717, 1.165) is 10.8 Å². The molecule has 0 unspecified atom stereocenters. The van der Waals surface area contributed by atoms with Crippen LogP contribution in [0.1, 0.15) is 10.4 Å². The van der Waals surface area contributed by atoms with E-state index in [1.54, 1.807) is 24.4 Å². The number of carbonyl (C=O) groups is 1. The molecule has 3 aromatic rings. The molecule has 0 fully saturated rings. The monoisotopic (exact) mass is 282 g/mol. The summed E-state index contributed by atoms with van der Waals surface area (Å²) in [5.74, 6) is -0.943. The number of carboxylic acids is 1. The van der Waals surface area contributed by atoms with Crippen molar-refractivity contribution in [2.24, 2.45) is 0 Å². The molecule has 0 bridgehead atoms. The number of fused-ring (bicyclic) bond motifs is 1. The minimum atomic E-state index is -0.943. The Hall–Kier alpha value is -2.40. The number of hydrogen-bond acceptors (Lipinski definition) is 4. The number of carboxylic acid groups (broad SMARTS) is 1. The van der Waals surface area contributed by atoms with Gasteiger partial charge < -0.3 is 5.11 Å². The number of nitrogens with zero attached hydrogens (tertiary/aromatic N) is 2. The second-order valence-electron chi connectivity index (χ2n) is 4.14. The molecule has 0 spiro atoms. The lowest BCUT2D eigenvalue weighted by atomic mass is 10.2. The average molecular weight is 282 g/mol. The van der Waals surface area contributed by atoms with Crippen LogP contribution in [0.5, 0.6) is 0 Å². The maximum Gasteiger partial charge on any atom is 0.336 e. The zero-order valence-electron chi connectivity index (χ0n) is 10.4. The Morgan fingerprint density at radius 3 is 2.65 bits per heavy atom. The van der Waals surface area contributed by atoms with Gasteiger partial charge in [-0.25, -0.2) is 4.79 Å². The standard InChI is InChI=1S/C15H10N2O2S/c18-15(19)12-7-3-4-8-13(12)20-14-11-6-2-1-5-10(11)9-16-17-14/h1-9H,(H,18,19). The van der Waals surface area contributed by atoms with Crippen LogP contribution in [0.3, 0.4) is 0 Å². The Morgan fingerprint density at radius 1 is 1.05 bits per heavy atom. The first-order chi connectivity index (χ1) is 9.75. The number of aromatic nitrogens is 2. The lowest BCUT2D eigenvalue weighted by Crippen LogP contribution is -1.98. The van der Waals surface area contributed by atoms with Crippen LogP contribution in [-0.4, -0.2) is 21.3 Å². The van der Waals surface area contributed by atoms with Gasteiger partial charge in [0.25, 0.3) is 0 Å². The van der Waals surface area contributed by atoms with Gasteiger partial charge in [0, 0.05) is 15.7 Å². The summed E-state index contributed by atoms with van der Waals surface area (Å²) >= 11 is 1.32. The predicted molar refractivity (Wildman–Crippen MR) is 77.1 cm³/mol. The first kappa shape index (κ1) is 12.6. The molecule has 20 heavy (non-hydrogen) atoms. The van der Waals surface area contributed by atoms with Crippen molar-refractivity contribution in [1.82, 2.24) is 10.2 Å². The molecule has 0 amide bonds. The highest BCUT2D eigenvalue weighted by Crippen LogP contribution is 2.33. The Morgan fingerprint density at radius 2 is 1.80 bits per heavy atom. The van der Waals surface area contributed by atoms with Crippen molar-refractivity contribution >= 4 is 28.5 Å². The summed E-state index contributed by atoms with van der Waals surface area (Å²) in [4.78, 5) is 11.9. The molecule has 0 aliphatic heterocycles. The molecular weight excluding hydrogens is 272 g/mol. The van der Waals surface area contributed by atoms with Crippen molar-refractivity contribution in [3.05, 3.63) is 60.3 Å². The van der Waals surface area contributed by atoms with Crippen LogP contribution >= 0.6 is 11.8 Å². The molecule has 1 N–H and O–H groups in total. The Bertz CT molecular complexity index is 784. The molecule has 0 radical (unpaired) electrons. The van der Waals surface area contributed by atoms with Crippen molar-refractivity contribution in [2.45, 2.75) is 9.92 Å². The fourth-order valence-electron chi connectivity index (χ4n) is 1.91. The van der Waals surface area contributed by atoms with Gasteiger partial charge in [-0.05, 0) is 12.1 Å². The summed E-state index contributed by atoms with van der Waals surface area (Å²) in [5.41, 5.74) is 0.271. The molecule has 98 valence electrons. The minimum Gasteiger partial charge on any atom is -0.478 e. The van der Waals surface area contributed by atoms with E-state index >= 15 is 0 Å². The third-order valence-electron chi connectivity index (χ3n) is 2.86. The first-order valence-corrected chi connectivity index (χ1v) is 6.78. The summed E-state index contributed by atoms with van der Waals surface area (Å²) in [5, 5.41) is 20.0. The molecule has 5 heteroatoms. The smallest absolute Gasteiger partial charge is 0.336 e. The number of rotatable bonds is 3. The van der Waals surface area contributed by atoms with E-state index in [4.69, 9.17) is 0 Å². The maximum atomic E-state index is 11.2. The van der Waals surface area contributed by atoms with Gasteiger partial charge in [-0.2, -0.15) is 5.10 Å². The van der Waals surface area contributed by atoms with E-state index in [2.05, 4.69) is 10.2 Å². The van der Waals surface area contributed by atoms with E-state index in [1.807, 2.05) is 30.3 Å². The van der Waals surface area contributed by atoms with Gasteiger partial charge in [0.05, 0.1) is 11.8 Å². The van der Waals surface area contributed by atoms with Crippen LogP contribution < -0.4 is 0 Å². The highest BCUT2D eigenvalue weighted by atomic mass is 32.2. The average Bonchev–Trinajstić information content (AvgIpc) is 2.48. The molecule has 0 saturated carbocycles. The van der Waals surface area contributed by atoms with Gasteiger partial charge in [-0.1, -0.05) is 48.2 Å². The normalized spacial score (nSPS) is 10.6. The van der Waals surface area contributed by atoms with Crippen LogP contribution in [0.15, 0.2) is 64.6 Å². The van der Waals surface area contributed by atoms with Crippen LogP contribution in [0.4, 0.5) is 0 Å². The van der Waals surface area contributed by atoms with E-state index in [0.29, 0.717) is 9.92 Å². The van der Waals surface area contributed by atoms with Gasteiger partial charge >= 0.3 is 5.97 Å². The Labute approximate surface area is 119 Å². The highest BCUT2D eigenvalue weighted by Gasteiger charge is 2.12. The lowest BCUT2D eigenvalue weighted by molar-refractivity contribution is 0.0693. The summed E-state index contributed by atoms with van der Waals surface area (Å²) in [6.45, 7) is 0. The molecule has 2 aromatic carbocycles. The molecule has 0 aliphatic carbocycles. The third-order valence-corrected chi connectivity index (χ3v) is 3.93. The Kier molecular flexibility index (Phi) is 3.35. The molecule has 1 aromatic heterocycles. The van der Waals surface area contributed by atoms with Crippen LogP contribution in [0.25, 0.3) is 10.8 Å². The van der Waals surface area contributed by atoms with E-state index in [1.165, 1.54) is 11.8 Å². The lowest BCUT2D eigenvalue weighted by Gasteiger charge is -2.06. The summed E-state index contributed by atoms with van der Waals surface area (Å²) in [6, 6.07) is 14.7. The molecule has 0 saturated heterocycles. The van der Waals surface area contributed by atoms with Crippen molar-refractivity contribution in [1.29, 1.82) is 0 Å². The maximum absolute atomic E-state index is 11.2. The number of aromatic carboxylic acids is 1. The van der Waals surface area contributed by atoms with Gasteiger partial charge in [-0.3, -0.25) is 0 Å². The largest absolute Gasteiger partial charge is 0.478 e. The van der Waals surface area contributed by atoms with Crippen molar-refractivity contribution in [3.8, 4) is 0 Å². The molecule has 1 heterocycles. The van der Waals surface area contributed by atoms with Crippen molar-refractivity contribution in [3.63, 3.8) is 0 Å². The highest BCUT2D eigenvalue weighted by molar-refractivity contribution is 7.99. The van der Waals surface area contributed by atoms with Gasteiger partial charge in [0.2, 0.25) is 0 Å². The minimum absolute atomic E-state index is 0.271. The quantitative estimate of drug-likeness (QED) is 0.796. The fraction of sp³-hybridized carbons (Fsp3) is 0. The predicted octanol–water partition coefficient (Wildman–Crippen LogP) is 3.48. The van der Waals surface area contributed by atoms with Crippen LogP contribution in [0, 0.1) is 0 Å². The van der Waals surface area contributed by atoms with Crippen LogP contribution in [0.2, 0.25) is 0 Å². The molecule has 0 aliphatic rings. The second-order valence-corrected chi connectivity index (χ2v) is 5.17. The zero-order valence-corrected chi connectivity index (χ0v) is 11.2. The van der Waals surface area contributed by atoms with Gasteiger partial charge in [0.15, 0.2) is 0 Å². The summed E-state index contributed by atoms with van der Waals surface area (Å²) in [7, 11) is 0. The van der Waals surface area contributed by atoms with Crippen LogP contribution in [-0.2, 0) is 0 Å². The zero-order chi connectivity index (χ0) is 13.9. The first-order valence-electron chi connectivity index (χ1n) is 5.96. The second kappa shape index (κ2) is 5.30. The van der Waals surface area contributed by atoms with Crippen molar-refractivity contribution in [2.75, 3.05) is 0 Å².